The average Bonchev–Trinajstić information content (AvgIpc) is 2.34. The van der Waals surface area contributed by atoms with Gasteiger partial charge in [-0.15, -0.1) is 0 Å². The standard InChI is InChI=1S/C14H20F4O2S.Na/c15-12(16)14(17,18)1-2-21(19)20-13-6-9-3-10(7-13)5-11(4-9)8-13;/h9-12H,1-8H2;. The molecule has 0 aromatic heterocycles. The number of rotatable bonds is 6. The molecule has 0 N–H and O–H groups in total. The third kappa shape index (κ3) is 4.08. The van der Waals surface area contributed by atoms with Gasteiger partial charge in [0.2, 0.25) is 0 Å². The van der Waals surface area contributed by atoms with Crippen LogP contribution < -0.4 is 0 Å². The quantitative estimate of drug-likeness (QED) is 0.540. The molecule has 0 aliphatic heterocycles. The number of alkyl halides is 4. The molecule has 0 heterocycles. The summed E-state index contributed by atoms with van der Waals surface area (Å²) >= 11 is -1.91. The fourth-order valence-electron chi connectivity index (χ4n) is 4.70. The maximum atomic E-state index is 12.9. The summed E-state index contributed by atoms with van der Waals surface area (Å²) < 4.78 is 67.4. The molecule has 4 rings (SSSR count). The number of hydrogen-bond acceptors (Lipinski definition) is 2. The second-order valence-corrected chi connectivity index (χ2v) is 8.19. The van der Waals surface area contributed by atoms with Gasteiger partial charge in [-0.25, -0.2) is 21.8 Å². The molecule has 0 saturated heterocycles. The molecular weight excluding hydrogens is 331 g/mol. The van der Waals surface area contributed by atoms with Crippen molar-refractivity contribution in [3.05, 3.63) is 0 Å². The summed E-state index contributed by atoms with van der Waals surface area (Å²) in [5, 5.41) is 0. The van der Waals surface area contributed by atoms with Gasteiger partial charge in [0, 0.05) is 36.0 Å². The fourth-order valence-corrected chi connectivity index (χ4v) is 5.82. The van der Waals surface area contributed by atoms with Crippen molar-refractivity contribution in [2.45, 2.75) is 62.9 Å². The topological polar surface area (TPSA) is 26.3 Å². The largest absolute Gasteiger partial charge is 0.308 e. The fraction of sp³-hybridized carbons (Fsp3) is 1.00. The SMILES string of the molecule is O=S(CCC(F)(F)C(F)F)OC12CC3CC(CC(C3)C1)C2.[Na]. The van der Waals surface area contributed by atoms with Crippen molar-refractivity contribution >= 4 is 40.6 Å². The molecule has 4 saturated carbocycles. The zero-order chi connectivity index (χ0) is 15.3. The summed E-state index contributed by atoms with van der Waals surface area (Å²) in [6.07, 6.45) is 1.30. The van der Waals surface area contributed by atoms with Crippen LogP contribution in [0.1, 0.15) is 44.9 Å². The monoisotopic (exact) mass is 351 g/mol. The van der Waals surface area contributed by atoms with Gasteiger partial charge in [0.15, 0.2) is 11.1 Å². The average molecular weight is 351 g/mol. The molecule has 1 unspecified atom stereocenters. The molecule has 0 amide bonds. The predicted octanol–water partition coefficient (Wildman–Crippen LogP) is 3.55. The van der Waals surface area contributed by atoms with E-state index >= 15 is 0 Å². The molecule has 1 radical (unpaired) electrons. The summed E-state index contributed by atoms with van der Waals surface area (Å²) in [6.45, 7) is 0. The van der Waals surface area contributed by atoms with E-state index in [2.05, 4.69) is 0 Å². The summed E-state index contributed by atoms with van der Waals surface area (Å²) in [6, 6.07) is 0. The van der Waals surface area contributed by atoms with Gasteiger partial charge in [0.25, 0.3) is 0 Å². The second-order valence-electron chi connectivity index (χ2n) is 7.00. The Morgan fingerprint density at radius 2 is 1.55 bits per heavy atom. The van der Waals surface area contributed by atoms with Crippen molar-refractivity contribution in [3.63, 3.8) is 0 Å². The minimum absolute atomic E-state index is 0. The smallest absolute Gasteiger partial charge is 0.284 e. The van der Waals surface area contributed by atoms with Gasteiger partial charge in [-0.3, -0.25) is 4.18 Å². The van der Waals surface area contributed by atoms with Crippen LogP contribution >= 0.6 is 0 Å². The molecule has 4 bridgehead atoms. The summed E-state index contributed by atoms with van der Waals surface area (Å²) in [5.74, 6) is -2.83. The molecule has 8 heteroatoms. The molecule has 1 atom stereocenters. The Labute approximate surface area is 152 Å². The molecule has 0 aromatic carbocycles. The van der Waals surface area contributed by atoms with Gasteiger partial charge < -0.3 is 0 Å². The molecule has 123 valence electrons. The van der Waals surface area contributed by atoms with Crippen LogP contribution in [0.5, 0.6) is 0 Å². The molecular formula is C14H20F4NaO2S. The molecule has 2 nitrogen and oxygen atoms in total. The molecule has 4 aliphatic rings. The van der Waals surface area contributed by atoms with Crippen LogP contribution in [0.15, 0.2) is 0 Å². The van der Waals surface area contributed by atoms with Crippen molar-refractivity contribution < 1.29 is 26.0 Å². The van der Waals surface area contributed by atoms with E-state index in [1.165, 1.54) is 19.3 Å². The van der Waals surface area contributed by atoms with Crippen LogP contribution in [-0.4, -0.2) is 57.5 Å². The van der Waals surface area contributed by atoms with Gasteiger partial charge in [-0.2, -0.15) is 0 Å². The Hall–Kier alpha value is 0.830. The van der Waals surface area contributed by atoms with Gasteiger partial charge in [0.1, 0.15) is 0 Å². The van der Waals surface area contributed by atoms with Crippen molar-refractivity contribution in [1.82, 2.24) is 0 Å². The molecule has 0 aromatic rings. The molecule has 4 aliphatic carbocycles. The minimum atomic E-state index is -4.08. The maximum absolute atomic E-state index is 12.9. The van der Waals surface area contributed by atoms with Crippen LogP contribution in [0.4, 0.5) is 17.6 Å². The van der Waals surface area contributed by atoms with Crippen LogP contribution in [0, 0.1) is 17.8 Å². The van der Waals surface area contributed by atoms with E-state index in [0.717, 1.165) is 19.3 Å². The number of hydrogen-bond donors (Lipinski definition) is 0. The van der Waals surface area contributed by atoms with Crippen LogP contribution in [0.3, 0.4) is 0 Å². The van der Waals surface area contributed by atoms with Gasteiger partial charge in [-0.05, 0) is 56.3 Å². The zero-order valence-corrected chi connectivity index (χ0v) is 15.5. The maximum Gasteiger partial charge on any atom is 0.308 e. The first-order valence-electron chi connectivity index (χ1n) is 7.52. The van der Waals surface area contributed by atoms with E-state index < -0.39 is 41.2 Å². The third-order valence-corrected chi connectivity index (χ3v) is 6.25. The summed E-state index contributed by atoms with van der Waals surface area (Å²) in [5.41, 5.74) is -0.445. The zero-order valence-electron chi connectivity index (χ0n) is 12.7. The molecule has 4 fully saturated rings. The van der Waals surface area contributed by atoms with Crippen LogP contribution in [0.25, 0.3) is 0 Å². The first-order chi connectivity index (χ1) is 9.78. The summed E-state index contributed by atoms with van der Waals surface area (Å²) in [7, 11) is 0. The molecule has 22 heavy (non-hydrogen) atoms. The van der Waals surface area contributed by atoms with Crippen molar-refractivity contribution in [2.24, 2.45) is 17.8 Å². The van der Waals surface area contributed by atoms with E-state index in [9.17, 15) is 21.8 Å². The first-order valence-corrected chi connectivity index (χ1v) is 8.76. The molecule has 0 spiro atoms. The van der Waals surface area contributed by atoms with Gasteiger partial charge in [0.05, 0.1) is 11.4 Å². The van der Waals surface area contributed by atoms with E-state index in [4.69, 9.17) is 4.18 Å². The first kappa shape index (κ1) is 19.2. The Kier molecular flexibility index (Phi) is 6.08. The second kappa shape index (κ2) is 6.98. The van der Waals surface area contributed by atoms with Crippen LogP contribution in [-0.2, 0) is 15.3 Å². The Bertz CT molecular complexity index is 398. The van der Waals surface area contributed by atoms with E-state index in [0.29, 0.717) is 17.8 Å². The third-order valence-electron chi connectivity index (χ3n) is 5.17. The van der Waals surface area contributed by atoms with E-state index in [1.54, 1.807) is 0 Å². The van der Waals surface area contributed by atoms with Gasteiger partial charge in [-0.1, -0.05) is 0 Å². The normalized spacial score (nSPS) is 38.1. The Balaban J connectivity index is 0.00000176. The van der Waals surface area contributed by atoms with Crippen molar-refractivity contribution in [1.29, 1.82) is 0 Å². The summed E-state index contributed by atoms with van der Waals surface area (Å²) in [4.78, 5) is 0. The Morgan fingerprint density at radius 3 is 1.95 bits per heavy atom. The Morgan fingerprint density at radius 1 is 1.09 bits per heavy atom. The predicted molar refractivity (Wildman–Crippen MR) is 76.3 cm³/mol. The minimum Gasteiger partial charge on any atom is -0.284 e. The number of halogens is 4. The van der Waals surface area contributed by atoms with Crippen molar-refractivity contribution in [2.75, 3.05) is 5.75 Å². The van der Waals surface area contributed by atoms with E-state index in [1.807, 2.05) is 0 Å². The van der Waals surface area contributed by atoms with Crippen molar-refractivity contribution in [3.8, 4) is 0 Å². The van der Waals surface area contributed by atoms with Crippen LogP contribution in [0.2, 0.25) is 0 Å². The van der Waals surface area contributed by atoms with Gasteiger partial charge >= 0.3 is 12.3 Å². The van der Waals surface area contributed by atoms with E-state index in [-0.39, 0.29) is 29.6 Å².